The van der Waals surface area contributed by atoms with E-state index >= 15 is 0 Å². The van der Waals surface area contributed by atoms with Crippen LogP contribution >= 0.6 is 22.6 Å². The topological polar surface area (TPSA) is 27.1 Å². The van der Waals surface area contributed by atoms with Gasteiger partial charge in [-0.2, -0.15) is 5.10 Å². The Morgan fingerprint density at radius 1 is 1.12 bits per heavy atom. The summed E-state index contributed by atoms with van der Waals surface area (Å²) in [6.45, 7) is 4.47. The number of rotatable bonds is 5. The Balaban J connectivity index is 1.96. The van der Waals surface area contributed by atoms with E-state index in [0.717, 1.165) is 32.5 Å². The highest BCUT2D eigenvalue weighted by molar-refractivity contribution is 14.1. The predicted molar refractivity (Wildman–Crippen MR) is 102 cm³/mol. The van der Waals surface area contributed by atoms with Gasteiger partial charge >= 0.3 is 0 Å². The number of halogens is 2. The van der Waals surface area contributed by atoms with Crippen molar-refractivity contribution in [1.82, 2.24) is 9.78 Å². The molecule has 0 spiro atoms. The molecule has 24 heavy (non-hydrogen) atoms. The lowest BCUT2D eigenvalue weighted by atomic mass is 10.0. The van der Waals surface area contributed by atoms with E-state index in [1.807, 2.05) is 55.1 Å². The molecule has 1 aromatic heterocycles. The molecule has 124 valence electrons. The van der Waals surface area contributed by atoms with Crippen LogP contribution in [0.25, 0.3) is 16.8 Å². The molecule has 3 rings (SSSR count). The summed E-state index contributed by atoms with van der Waals surface area (Å²) in [6.07, 6.45) is 2.78. The molecule has 0 saturated heterocycles. The second-order valence-corrected chi connectivity index (χ2v) is 6.72. The molecule has 0 saturated carbocycles. The molecule has 0 amide bonds. The van der Waals surface area contributed by atoms with E-state index in [9.17, 15) is 4.39 Å². The van der Waals surface area contributed by atoms with Gasteiger partial charge in [0.05, 0.1) is 18.0 Å². The molecule has 3 aromatic rings. The molecule has 0 fully saturated rings. The molecule has 2 aromatic carbocycles. The summed E-state index contributed by atoms with van der Waals surface area (Å²) in [4.78, 5) is 0. The molecule has 0 aliphatic heterocycles. The second kappa shape index (κ2) is 7.34. The van der Waals surface area contributed by atoms with E-state index < -0.39 is 0 Å². The van der Waals surface area contributed by atoms with Crippen molar-refractivity contribution in [1.29, 1.82) is 0 Å². The van der Waals surface area contributed by atoms with E-state index in [1.54, 1.807) is 6.07 Å². The molecule has 0 radical (unpaired) electrons. The van der Waals surface area contributed by atoms with Gasteiger partial charge in [0.25, 0.3) is 0 Å². The lowest BCUT2D eigenvalue weighted by Crippen LogP contribution is -1.99. The smallest absolute Gasteiger partial charge is 0.165 e. The van der Waals surface area contributed by atoms with Crippen LogP contribution in [0.2, 0.25) is 0 Å². The Bertz CT molecular complexity index is 860. The SMILES string of the molecule is CCCOc1ccc(-c2ccc(I)c(-n3ccc(C)n3)c2)cc1F. The minimum atomic E-state index is -0.337. The quantitative estimate of drug-likeness (QED) is 0.503. The highest BCUT2D eigenvalue weighted by atomic mass is 127. The number of ether oxygens (including phenoxy) is 1. The minimum absolute atomic E-state index is 0.300. The van der Waals surface area contributed by atoms with Crippen molar-refractivity contribution in [3.05, 3.63) is 63.7 Å². The Kier molecular flexibility index (Phi) is 5.18. The zero-order chi connectivity index (χ0) is 17.1. The van der Waals surface area contributed by atoms with E-state index in [-0.39, 0.29) is 5.82 Å². The van der Waals surface area contributed by atoms with Gasteiger partial charge in [-0.1, -0.05) is 19.1 Å². The third kappa shape index (κ3) is 3.61. The van der Waals surface area contributed by atoms with Gasteiger partial charge in [-0.05, 0) is 77.4 Å². The highest BCUT2D eigenvalue weighted by Gasteiger charge is 2.10. The van der Waals surface area contributed by atoms with Gasteiger partial charge in [0.15, 0.2) is 11.6 Å². The Hall–Kier alpha value is -1.89. The van der Waals surface area contributed by atoms with Gasteiger partial charge in [0.1, 0.15) is 0 Å². The first-order valence-corrected chi connectivity index (χ1v) is 8.91. The maximum atomic E-state index is 14.2. The summed E-state index contributed by atoms with van der Waals surface area (Å²) >= 11 is 2.28. The zero-order valence-corrected chi connectivity index (χ0v) is 15.7. The predicted octanol–water partition coefficient (Wildman–Crippen LogP) is 5.38. The molecule has 3 nitrogen and oxygen atoms in total. The van der Waals surface area contributed by atoms with Crippen molar-refractivity contribution in [2.45, 2.75) is 20.3 Å². The van der Waals surface area contributed by atoms with Crippen molar-refractivity contribution in [3.63, 3.8) is 0 Å². The van der Waals surface area contributed by atoms with Crippen molar-refractivity contribution in [2.24, 2.45) is 0 Å². The fourth-order valence-electron chi connectivity index (χ4n) is 2.43. The fraction of sp³-hybridized carbons (Fsp3) is 0.211. The summed E-state index contributed by atoms with van der Waals surface area (Å²) in [5, 5.41) is 4.46. The van der Waals surface area contributed by atoms with Crippen LogP contribution in [0.5, 0.6) is 5.75 Å². The van der Waals surface area contributed by atoms with Crippen LogP contribution in [-0.4, -0.2) is 16.4 Å². The maximum Gasteiger partial charge on any atom is 0.165 e. The van der Waals surface area contributed by atoms with Crippen LogP contribution < -0.4 is 4.74 Å². The Morgan fingerprint density at radius 3 is 2.54 bits per heavy atom. The molecular formula is C19H18FIN2O. The van der Waals surface area contributed by atoms with Crippen molar-refractivity contribution in [2.75, 3.05) is 6.61 Å². The summed E-state index contributed by atoms with van der Waals surface area (Å²) < 4.78 is 22.6. The molecule has 0 bridgehead atoms. The van der Waals surface area contributed by atoms with Crippen LogP contribution in [0.4, 0.5) is 4.39 Å². The molecule has 0 aliphatic rings. The second-order valence-electron chi connectivity index (χ2n) is 5.56. The number of aryl methyl sites for hydroxylation is 1. The largest absolute Gasteiger partial charge is 0.491 e. The summed E-state index contributed by atoms with van der Waals surface area (Å²) in [6, 6.07) is 13.1. The highest BCUT2D eigenvalue weighted by Crippen LogP contribution is 2.29. The Labute approximate surface area is 154 Å². The molecule has 0 aliphatic carbocycles. The number of aromatic nitrogens is 2. The van der Waals surface area contributed by atoms with Gasteiger partial charge in [-0.25, -0.2) is 9.07 Å². The molecular weight excluding hydrogens is 418 g/mol. The van der Waals surface area contributed by atoms with Crippen LogP contribution in [0, 0.1) is 16.3 Å². The fourth-order valence-corrected chi connectivity index (χ4v) is 3.01. The summed E-state index contributed by atoms with van der Waals surface area (Å²) in [7, 11) is 0. The number of nitrogens with zero attached hydrogens (tertiary/aromatic N) is 2. The van der Waals surface area contributed by atoms with Gasteiger partial charge in [-0.15, -0.1) is 0 Å². The number of benzene rings is 2. The molecule has 0 atom stereocenters. The van der Waals surface area contributed by atoms with Crippen molar-refractivity contribution >= 4 is 22.6 Å². The monoisotopic (exact) mass is 436 g/mol. The minimum Gasteiger partial charge on any atom is -0.491 e. The normalized spacial score (nSPS) is 10.8. The van der Waals surface area contributed by atoms with Gasteiger partial charge in [0, 0.05) is 9.77 Å². The summed E-state index contributed by atoms with van der Waals surface area (Å²) in [5.41, 5.74) is 3.70. The van der Waals surface area contributed by atoms with Gasteiger partial charge < -0.3 is 4.74 Å². The van der Waals surface area contributed by atoms with E-state index in [4.69, 9.17) is 4.74 Å². The Morgan fingerprint density at radius 2 is 1.88 bits per heavy atom. The van der Waals surface area contributed by atoms with Gasteiger partial charge in [0.2, 0.25) is 0 Å². The number of hydrogen-bond acceptors (Lipinski definition) is 2. The average Bonchev–Trinajstić information content (AvgIpc) is 3.00. The standard InChI is InChI=1S/C19H18FIN2O/c1-3-10-24-19-7-5-14(11-16(19)20)15-4-6-17(21)18(12-15)23-9-8-13(2)22-23/h4-9,11-12H,3,10H2,1-2H3. The lowest BCUT2D eigenvalue weighted by molar-refractivity contribution is 0.301. The average molecular weight is 436 g/mol. The lowest BCUT2D eigenvalue weighted by Gasteiger charge is -2.10. The first-order chi connectivity index (χ1) is 11.6. The van der Waals surface area contributed by atoms with Crippen LogP contribution in [0.15, 0.2) is 48.7 Å². The maximum absolute atomic E-state index is 14.2. The first kappa shape index (κ1) is 17.0. The molecule has 1 heterocycles. The third-order valence-corrected chi connectivity index (χ3v) is 4.55. The first-order valence-electron chi connectivity index (χ1n) is 7.83. The van der Waals surface area contributed by atoms with Crippen molar-refractivity contribution in [3.8, 4) is 22.6 Å². The van der Waals surface area contributed by atoms with Crippen LogP contribution in [0.3, 0.4) is 0 Å². The van der Waals surface area contributed by atoms with Crippen molar-refractivity contribution < 1.29 is 9.13 Å². The summed E-state index contributed by atoms with van der Waals surface area (Å²) in [5.74, 6) is -0.0370. The molecule has 0 N–H and O–H groups in total. The van der Waals surface area contributed by atoms with Crippen LogP contribution in [0.1, 0.15) is 19.0 Å². The van der Waals surface area contributed by atoms with Crippen LogP contribution in [-0.2, 0) is 0 Å². The van der Waals surface area contributed by atoms with Gasteiger partial charge in [-0.3, -0.25) is 0 Å². The van der Waals surface area contributed by atoms with E-state index in [1.165, 1.54) is 6.07 Å². The van der Waals surface area contributed by atoms with E-state index in [0.29, 0.717) is 12.4 Å². The zero-order valence-electron chi connectivity index (χ0n) is 13.6. The third-order valence-electron chi connectivity index (χ3n) is 3.64. The molecule has 5 heteroatoms. The number of hydrogen-bond donors (Lipinski definition) is 0. The molecule has 0 unspecified atom stereocenters. The van der Waals surface area contributed by atoms with E-state index in [2.05, 4.69) is 27.7 Å².